The maximum Gasteiger partial charge on any atom is 0.174 e. The van der Waals surface area contributed by atoms with E-state index in [1.807, 2.05) is 25.1 Å². The van der Waals surface area contributed by atoms with Crippen LogP contribution >= 0.6 is 0 Å². The molecular formula is C29H33F3O2. The molecule has 0 bridgehead atoms. The third-order valence-electron chi connectivity index (χ3n) is 6.40. The predicted molar refractivity (Wildman–Crippen MR) is 129 cm³/mol. The van der Waals surface area contributed by atoms with Crippen LogP contribution in [0.5, 0.6) is 5.75 Å². The number of hydrogen-bond acceptors (Lipinski definition) is 2. The van der Waals surface area contributed by atoms with Crippen molar-refractivity contribution in [3.8, 4) is 17.6 Å². The van der Waals surface area contributed by atoms with Crippen molar-refractivity contribution in [1.29, 1.82) is 0 Å². The highest BCUT2D eigenvalue weighted by molar-refractivity contribution is 5.40. The molecule has 1 atom stereocenters. The van der Waals surface area contributed by atoms with Gasteiger partial charge in [-0.1, -0.05) is 43.4 Å². The van der Waals surface area contributed by atoms with Gasteiger partial charge in [0, 0.05) is 17.5 Å². The Hall–Kier alpha value is -2.71. The molecule has 0 spiro atoms. The van der Waals surface area contributed by atoms with E-state index in [2.05, 4.69) is 18.4 Å². The van der Waals surface area contributed by atoms with Gasteiger partial charge in [-0.2, -0.15) is 0 Å². The Bertz CT molecular complexity index is 1030. The molecule has 1 fully saturated rings. The van der Waals surface area contributed by atoms with E-state index in [1.165, 1.54) is 18.2 Å². The van der Waals surface area contributed by atoms with Crippen molar-refractivity contribution < 1.29 is 23.0 Å². The highest BCUT2D eigenvalue weighted by Gasteiger charge is 2.24. The monoisotopic (exact) mass is 470 g/mol. The average molecular weight is 471 g/mol. The predicted octanol–water partition coefficient (Wildman–Crippen LogP) is 7.61. The van der Waals surface area contributed by atoms with Gasteiger partial charge >= 0.3 is 0 Å². The van der Waals surface area contributed by atoms with Gasteiger partial charge in [0.2, 0.25) is 0 Å². The number of hydrogen-bond donors (Lipinski definition) is 1. The van der Waals surface area contributed by atoms with Crippen LogP contribution in [0.4, 0.5) is 13.2 Å². The quantitative estimate of drug-likeness (QED) is 0.232. The minimum atomic E-state index is -1.03. The molecule has 1 aliphatic carbocycles. The molecule has 1 saturated carbocycles. The van der Waals surface area contributed by atoms with Crippen LogP contribution in [0.2, 0.25) is 0 Å². The molecular weight excluding hydrogens is 437 g/mol. The highest BCUT2D eigenvalue weighted by atomic mass is 19.2. The van der Waals surface area contributed by atoms with Crippen molar-refractivity contribution in [2.75, 3.05) is 6.61 Å². The van der Waals surface area contributed by atoms with Gasteiger partial charge in [0.05, 0.1) is 18.3 Å². The minimum absolute atomic E-state index is 0.00166. The lowest BCUT2D eigenvalue weighted by Gasteiger charge is -2.26. The molecule has 0 aliphatic heterocycles. The normalized spacial score (nSPS) is 18.6. The van der Waals surface area contributed by atoms with Crippen LogP contribution in [0.1, 0.15) is 87.0 Å². The zero-order valence-corrected chi connectivity index (χ0v) is 19.8. The smallest absolute Gasteiger partial charge is 0.174 e. The molecule has 1 unspecified atom stereocenters. The lowest BCUT2D eigenvalue weighted by atomic mass is 9.78. The minimum Gasteiger partial charge on any atom is -0.493 e. The van der Waals surface area contributed by atoms with E-state index in [-0.39, 0.29) is 28.8 Å². The van der Waals surface area contributed by atoms with E-state index in [0.29, 0.717) is 30.8 Å². The Labute approximate surface area is 200 Å². The van der Waals surface area contributed by atoms with Crippen LogP contribution in [0.15, 0.2) is 43.0 Å². The van der Waals surface area contributed by atoms with Crippen molar-refractivity contribution >= 4 is 0 Å². The van der Waals surface area contributed by atoms with Gasteiger partial charge in [0.25, 0.3) is 0 Å². The molecule has 0 heterocycles. The average Bonchev–Trinajstić information content (AvgIpc) is 2.83. The molecule has 0 aromatic heterocycles. The Kier molecular flexibility index (Phi) is 9.65. The molecule has 1 aliphatic rings. The maximum atomic E-state index is 14.7. The molecule has 1 N–H and O–H groups in total. The van der Waals surface area contributed by atoms with E-state index < -0.39 is 17.7 Å². The number of unbranched alkanes of at least 4 members (excludes halogenated alkanes) is 1. The number of allylic oxidation sites excluding steroid dienone is 1. The number of halogens is 3. The van der Waals surface area contributed by atoms with Gasteiger partial charge in [-0.3, -0.25) is 0 Å². The number of benzene rings is 2. The summed E-state index contributed by atoms with van der Waals surface area (Å²) in [4.78, 5) is 0. The van der Waals surface area contributed by atoms with Gasteiger partial charge in [0.15, 0.2) is 11.6 Å². The largest absolute Gasteiger partial charge is 0.493 e. The third kappa shape index (κ3) is 6.67. The van der Waals surface area contributed by atoms with Crippen molar-refractivity contribution in [2.24, 2.45) is 5.92 Å². The second-order valence-electron chi connectivity index (χ2n) is 8.92. The van der Waals surface area contributed by atoms with Gasteiger partial charge in [-0.25, -0.2) is 13.2 Å². The fourth-order valence-corrected chi connectivity index (χ4v) is 4.42. The molecule has 0 saturated heterocycles. The Morgan fingerprint density at radius 2 is 1.88 bits per heavy atom. The summed E-state index contributed by atoms with van der Waals surface area (Å²) in [5.41, 5.74) is 0.668. The van der Waals surface area contributed by atoms with E-state index in [4.69, 9.17) is 4.74 Å². The van der Waals surface area contributed by atoms with E-state index in [1.54, 1.807) is 0 Å². The van der Waals surface area contributed by atoms with Crippen LogP contribution in [-0.2, 0) is 0 Å². The lowest BCUT2D eigenvalue weighted by molar-refractivity contribution is 0.160. The number of rotatable bonds is 9. The van der Waals surface area contributed by atoms with Crippen LogP contribution in [-0.4, -0.2) is 11.7 Å². The number of aliphatic hydroxyl groups is 1. The van der Waals surface area contributed by atoms with Crippen molar-refractivity contribution in [1.82, 2.24) is 0 Å². The van der Waals surface area contributed by atoms with Crippen LogP contribution in [0.25, 0.3) is 0 Å². The number of aliphatic hydroxyl groups excluding tert-OH is 1. The second-order valence-corrected chi connectivity index (χ2v) is 8.92. The summed E-state index contributed by atoms with van der Waals surface area (Å²) >= 11 is 0. The molecule has 182 valence electrons. The van der Waals surface area contributed by atoms with E-state index in [9.17, 15) is 18.3 Å². The Morgan fingerprint density at radius 3 is 2.56 bits per heavy atom. The first-order valence-electron chi connectivity index (χ1n) is 12.1. The molecule has 5 heteroatoms. The summed E-state index contributed by atoms with van der Waals surface area (Å²) < 4.78 is 49.1. The van der Waals surface area contributed by atoms with Crippen molar-refractivity contribution in [2.45, 2.75) is 70.3 Å². The molecule has 2 nitrogen and oxygen atoms in total. The maximum absolute atomic E-state index is 14.7. The zero-order chi connectivity index (χ0) is 24.5. The van der Waals surface area contributed by atoms with Gasteiger partial charge in [-0.15, -0.1) is 6.58 Å². The van der Waals surface area contributed by atoms with E-state index in [0.717, 1.165) is 38.5 Å². The summed E-state index contributed by atoms with van der Waals surface area (Å²) in [5.74, 6) is 4.26. The van der Waals surface area contributed by atoms with Crippen LogP contribution in [0, 0.1) is 35.2 Å². The fourth-order valence-electron chi connectivity index (χ4n) is 4.42. The SMILES string of the molecule is C=CCCCOc1ccc(C2CCC(C#Cc3ccc(C(O)CCC)c(F)c3F)CC2)c(F)c1. The molecule has 2 aromatic carbocycles. The molecule has 2 aromatic rings. The third-order valence-corrected chi connectivity index (χ3v) is 6.40. The molecule has 0 amide bonds. The topological polar surface area (TPSA) is 29.5 Å². The summed E-state index contributed by atoms with van der Waals surface area (Å²) in [6, 6.07) is 7.92. The van der Waals surface area contributed by atoms with Crippen molar-refractivity contribution in [3.05, 3.63) is 77.1 Å². The second kappa shape index (κ2) is 12.7. The van der Waals surface area contributed by atoms with Crippen molar-refractivity contribution in [3.63, 3.8) is 0 Å². The molecule has 3 rings (SSSR count). The highest BCUT2D eigenvalue weighted by Crippen LogP contribution is 2.37. The van der Waals surface area contributed by atoms with Gasteiger partial charge in [0.1, 0.15) is 11.6 Å². The first-order valence-corrected chi connectivity index (χ1v) is 12.1. The summed E-state index contributed by atoms with van der Waals surface area (Å²) in [5, 5.41) is 9.98. The number of ether oxygens (including phenoxy) is 1. The molecule has 0 radical (unpaired) electrons. The lowest BCUT2D eigenvalue weighted by Crippen LogP contribution is -2.13. The fraction of sp³-hybridized carbons (Fsp3) is 0.448. The van der Waals surface area contributed by atoms with E-state index >= 15 is 0 Å². The Balaban J connectivity index is 1.58. The van der Waals surface area contributed by atoms with Crippen LogP contribution in [0.3, 0.4) is 0 Å². The van der Waals surface area contributed by atoms with Gasteiger partial charge in [-0.05, 0) is 68.6 Å². The molecule has 34 heavy (non-hydrogen) atoms. The summed E-state index contributed by atoms with van der Waals surface area (Å²) in [6.07, 6.45) is 6.68. The first-order chi connectivity index (χ1) is 16.4. The summed E-state index contributed by atoms with van der Waals surface area (Å²) in [6.45, 7) is 6.07. The summed E-state index contributed by atoms with van der Waals surface area (Å²) in [7, 11) is 0. The zero-order valence-electron chi connectivity index (χ0n) is 19.8. The standard InChI is InChI=1S/C29H33F3O2/c1-3-5-6-18-34-23-15-17-24(26(30)19-23)21-11-8-20(9-12-21)10-13-22-14-16-25(27(33)7-4-2)29(32)28(22)31/h3,14-17,19-21,27,33H,1,4-9,11-12,18H2,2H3. The first kappa shape index (κ1) is 25.9. The van der Waals surface area contributed by atoms with Gasteiger partial charge < -0.3 is 9.84 Å². The van der Waals surface area contributed by atoms with Crippen LogP contribution < -0.4 is 4.74 Å². The Morgan fingerprint density at radius 1 is 1.12 bits per heavy atom.